The van der Waals surface area contributed by atoms with Gasteiger partial charge in [-0.05, 0) is 30.5 Å². The zero-order valence-corrected chi connectivity index (χ0v) is 16.8. The van der Waals surface area contributed by atoms with Gasteiger partial charge in [-0.15, -0.1) is 0 Å². The fourth-order valence-corrected chi connectivity index (χ4v) is 3.46. The number of rotatable bonds is 10. The van der Waals surface area contributed by atoms with Gasteiger partial charge in [-0.3, -0.25) is 4.79 Å². The Hall–Kier alpha value is -2.45. The van der Waals surface area contributed by atoms with Crippen molar-refractivity contribution >= 4 is 15.9 Å². The van der Waals surface area contributed by atoms with Gasteiger partial charge in [0.2, 0.25) is 15.9 Å². The van der Waals surface area contributed by atoms with Gasteiger partial charge in [0, 0.05) is 18.7 Å². The Morgan fingerprint density at radius 2 is 1.75 bits per heavy atom. The fraction of sp³-hybridized carbons (Fsp3) is 0.350. The first-order chi connectivity index (χ1) is 13.3. The van der Waals surface area contributed by atoms with E-state index in [1.807, 2.05) is 24.3 Å². The van der Waals surface area contributed by atoms with Crippen molar-refractivity contribution in [2.45, 2.75) is 19.4 Å². The molecule has 0 aliphatic heterocycles. The molecule has 2 rings (SSSR count). The van der Waals surface area contributed by atoms with E-state index in [0.29, 0.717) is 13.0 Å². The number of benzene rings is 2. The summed E-state index contributed by atoms with van der Waals surface area (Å²) in [5.41, 5.74) is 1.26. The first-order valence-electron chi connectivity index (χ1n) is 8.88. The molecule has 0 bridgehead atoms. The summed E-state index contributed by atoms with van der Waals surface area (Å²) in [5.74, 6) is -0.142. The highest BCUT2D eigenvalue weighted by atomic mass is 32.2. The number of aryl methyl sites for hydroxylation is 1. The maximum atomic E-state index is 13.8. The highest BCUT2D eigenvalue weighted by Gasteiger charge is 2.21. The Morgan fingerprint density at radius 3 is 2.39 bits per heavy atom. The SMILES string of the molecule is COc1ccccc1CCCNC(=O)CN(Cc1ccccc1F)S(C)(=O)=O. The van der Waals surface area contributed by atoms with Crippen molar-refractivity contribution in [3.8, 4) is 5.75 Å². The van der Waals surface area contributed by atoms with Crippen molar-refractivity contribution in [3.63, 3.8) is 0 Å². The molecule has 0 aliphatic rings. The fourth-order valence-electron chi connectivity index (χ4n) is 2.74. The van der Waals surface area contributed by atoms with Crippen molar-refractivity contribution in [2.24, 2.45) is 0 Å². The van der Waals surface area contributed by atoms with Gasteiger partial charge in [-0.2, -0.15) is 4.31 Å². The molecule has 0 saturated carbocycles. The molecule has 0 aromatic heterocycles. The minimum Gasteiger partial charge on any atom is -0.496 e. The summed E-state index contributed by atoms with van der Waals surface area (Å²) in [5, 5.41) is 2.71. The number of para-hydroxylation sites is 1. The van der Waals surface area contributed by atoms with E-state index in [1.165, 1.54) is 18.2 Å². The first-order valence-corrected chi connectivity index (χ1v) is 10.7. The minimum absolute atomic E-state index is 0.194. The van der Waals surface area contributed by atoms with Gasteiger partial charge in [0.1, 0.15) is 11.6 Å². The van der Waals surface area contributed by atoms with Crippen LogP contribution in [0.25, 0.3) is 0 Å². The van der Waals surface area contributed by atoms with E-state index in [4.69, 9.17) is 4.74 Å². The van der Waals surface area contributed by atoms with E-state index in [1.54, 1.807) is 13.2 Å². The molecule has 0 unspecified atom stereocenters. The number of carbonyl (C=O) groups excluding carboxylic acids is 1. The van der Waals surface area contributed by atoms with E-state index in [-0.39, 0.29) is 18.7 Å². The molecule has 2 aromatic carbocycles. The normalized spacial score (nSPS) is 11.4. The number of methoxy groups -OCH3 is 1. The second-order valence-corrected chi connectivity index (χ2v) is 8.37. The van der Waals surface area contributed by atoms with E-state index in [2.05, 4.69) is 5.32 Å². The van der Waals surface area contributed by atoms with Crippen LogP contribution in [0.5, 0.6) is 5.75 Å². The smallest absolute Gasteiger partial charge is 0.235 e. The molecule has 0 atom stereocenters. The topological polar surface area (TPSA) is 75.7 Å². The molecule has 1 N–H and O–H groups in total. The quantitative estimate of drug-likeness (QED) is 0.613. The third-order valence-corrected chi connectivity index (χ3v) is 5.43. The summed E-state index contributed by atoms with van der Waals surface area (Å²) in [7, 11) is -2.06. The van der Waals surface area contributed by atoms with Crippen LogP contribution in [0.2, 0.25) is 0 Å². The van der Waals surface area contributed by atoms with E-state index < -0.39 is 21.7 Å². The monoisotopic (exact) mass is 408 g/mol. The highest BCUT2D eigenvalue weighted by Crippen LogP contribution is 2.18. The molecule has 152 valence electrons. The minimum atomic E-state index is -3.67. The van der Waals surface area contributed by atoms with Crippen LogP contribution in [0.1, 0.15) is 17.5 Å². The second-order valence-electron chi connectivity index (χ2n) is 6.39. The van der Waals surface area contributed by atoms with Crippen LogP contribution in [-0.2, 0) is 27.8 Å². The first kappa shape index (κ1) is 21.8. The molecule has 0 heterocycles. The summed E-state index contributed by atoms with van der Waals surface area (Å²) in [4.78, 5) is 12.2. The molecule has 28 heavy (non-hydrogen) atoms. The van der Waals surface area contributed by atoms with Crippen molar-refractivity contribution in [3.05, 3.63) is 65.5 Å². The number of hydrogen-bond donors (Lipinski definition) is 1. The molecular weight excluding hydrogens is 383 g/mol. The zero-order chi connectivity index (χ0) is 20.6. The molecule has 0 spiro atoms. The van der Waals surface area contributed by atoms with Crippen LogP contribution < -0.4 is 10.1 Å². The lowest BCUT2D eigenvalue weighted by molar-refractivity contribution is -0.121. The predicted octanol–water partition coefficient (Wildman–Crippen LogP) is 2.34. The number of hydrogen-bond acceptors (Lipinski definition) is 4. The third-order valence-electron chi connectivity index (χ3n) is 4.23. The average molecular weight is 408 g/mol. The Kier molecular flexibility index (Phi) is 7.95. The van der Waals surface area contributed by atoms with E-state index in [9.17, 15) is 17.6 Å². The summed E-state index contributed by atoms with van der Waals surface area (Å²) in [6, 6.07) is 13.5. The second kappa shape index (κ2) is 10.2. The van der Waals surface area contributed by atoms with Gasteiger partial charge >= 0.3 is 0 Å². The standard InChI is InChI=1S/C20H25FN2O4S/c1-27-19-12-6-4-8-16(19)10-7-13-22-20(24)15-23(28(2,25)26)14-17-9-3-5-11-18(17)21/h3-6,8-9,11-12H,7,10,13-15H2,1-2H3,(H,22,24). The van der Waals surface area contributed by atoms with Crippen LogP contribution in [0, 0.1) is 5.82 Å². The number of nitrogens with zero attached hydrogens (tertiary/aromatic N) is 1. The number of halogens is 1. The van der Waals surface area contributed by atoms with Gasteiger partial charge in [0.15, 0.2) is 0 Å². The number of sulfonamides is 1. The van der Waals surface area contributed by atoms with Crippen molar-refractivity contribution < 1.29 is 22.3 Å². The lowest BCUT2D eigenvalue weighted by Gasteiger charge is -2.20. The Balaban J connectivity index is 1.87. The van der Waals surface area contributed by atoms with Crippen molar-refractivity contribution in [1.29, 1.82) is 0 Å². The van der Waals surface area contributed by atoms with Gasteiger partial charge in [0.05, 0.1) is 19.9 Å². The molecule has 0 fully saturated rings. The van der Waals surface area contributed by atoms with Crippen LogP contribution in [-0.4, -0.2) is 45.1 Å². The number of amides is 1. The lowest BCUT2D eigenvalue weighted by Crippen LogP contribution is -2.40. The maximum absolute atomic E-state index is 13.8. The van der Waals surface area contributed by atoms with E-state index >= 15 is 0 Å². The van der Waals surface area contributed by atoms with Crippen LogP contribution in [0.4, 0.5) is 4.39 Å². The molecule has 6 nitrogen and oxygen atoms in total. The Morgan fingerprint density at radius 1 is 1.11 bits per heavy atom. The summed E-state index contributed by atoms with van der Waals surface area (Å²) in [6.07, 6.45) is 2.40. The van der Waals surface area contributed by atoms with Crippen molar-refractivity contribution in [1.82, 2.24) is 9.62 Å². The number of nitrogens with one attached hydrogen (secondary N) is 1. The number of ether oxygens (including phenoxy) is 1. The third kappa shape index (κ3) is 6.61. The number of carbonyl (C=O) groups is 1. The summed E-state index contributed by atoms with van der Waals surface area (Å²) in [6.45, 7) is -0.157. The molecule has 0 aliphatic carbocycles. The molecular formula is C20H25FN2O4S. The highest BCUT2D eigenvalue weighted by molar-refractivity contribution is 7.88. The van der Waals surface area contributed by atoms with Gasteiger partial charge in [-0.1, -0.05) is 36.4 Å². The van der Waals surface area contributed by atoms with Crippen LogP contribution in [0.3, 0.4) is 0 Å². The van der Waals surface area contributed by atoms with Gasteiger partial charge in [-0.25, -0.2) is 12.8 Å². The predicted molar refractivity (Wildman–Crippen MR) is 106 cm³/mol. The van der Waals surface area contributed by atoms with Gasteiger partial charge < -0.3 is 10.1 Å². The van der Waals surface area contributed by atoms with Crippen LogP contribution in [0.15, 0.2) is 48.5 Å². The zero-order valence-electron chi connectivity index (χ0n) is 16.0. The average Bonchev–Trinajstić information content (AvgIpc) is 2.66. The largest absolute Gasteiger partial charge is 0.496 e. The summed E-state index contributed by atoms with van der Waals surface area (Å²) < 4.78 is 44.0. The van der Waals surface area contributed by atoms with Crippen LogP contribution >= 0.6 is 0 Å². The van der Waals surface area contributed by atoms with E-state index in [0.717, 1.165) is 28.3 Å². The Bertz CT molecular complexity index is 903. The molecule has 2 aromatic rings. The lowest BCUT2D eigenvalue weighted by atomic mass is 10.1. The summed E-state index contributed by atoms with van der Waals surface area (Å²) >= 11 is 0. The Labute approximate surface area is 165 Å². The molecule has 0 saturated heterocycles. The van der Waals surface area contributed by atoms with Gasteiger partial charge in [0.25, 0.3) is 0 Å². The maximum Gasteiger partial charge on any atom is 0.235 e. The molecule has 0 radical (unpaired) electrons. The molecule has 8 heteroatoms. The van der Waals surface area contributed by atoms with Crippen molar-refractivity contribution in [2.75, 3.05) is 26.5 Å². The molecule has 1 amide bonds.